The molecule has 1 fully saturated rings. The smallest absolute Gasteiger partial charge is 0.254 e. The Morgan fingerprint density at radius 1 is 1.53 bits per heavy atom. The predicted octanol–water partition coefficient (Wildman–Crippen LogP) is 1.43. The largest absolute Gasteiger partial charge is 0.335 e. The van der Waals surface area contributed by atoms with Crippen molar-refractivity contribution in [2.45, 2.75) is 13.0 Å². The average Bonchev–Trinajstić information content (AvgIpc) is 2.12. The summed E-state index contributed by atoms with van der Waals surface area (Å²) in [6.45, 7) is 3.20. The van der Waals surface area contributed by atoms with Crippen LogP contribution in [0.15, 0.2) is 18.2 Å². The van der Waals surface area contributed by atoms with Crippen LogP contribution in [0.1, 0.15) is 15.9 Å². The predicted molar refractivity (Wildman–Crippen MR) is 60.1 cm³/mol. The average molecular weight is 225 g/mol. The number of nitrogens with two attached hydrogens (primary N) is 1. The standard InChI is InChI=1S/C11H13ClN2O/c1-7-4-8(12)2-3-10(7)11(15)14-5-9(13)6-14/h2-4,9H,5-6,13H2,1H3. The van der Waals surface area contributed by atoms with E-state index in [1.165, 1.54) is 0 Å². The Balaban J connectivity index is 2.19. The van der Waals surface area contributed by atoms with Crippen LogP contribution in [-0.2, 0) is 0 Å². The molecule has 0 unspecified atom stereocenters. The fourth-order valence-electron chi connectivity index (χ4n) is 1.72. The Hall–Kier alpha value is -1.06. The lowest BCUT2D eigenvalue weighted by atomic mass is 10.0. The molecule has 1 heterocycles. The lowest BCUT2D eigenvalue weighted by Gasteiger charge is -2.37. The summed E-state index contributed by atoms with van der Waals surface area (Å²) in [5.74, 6) is 0.0471. The van der Waals surface area contributed by atoms with Gasteiger partial charge in [-0.05, 0) is 30.7 Å². The molecule has 1 saturated heterocycles. The molecule has 0 radical (unpaired) electrons. The van der Waals surface area contributed by atoms with Crippen molar-refractivity contribution in [2.24, 2.45) is 5.73 Å². The minimum absolute atomic E-state index is 0.0471. The van der Waals surface area contributed by atoms with Gasteiger partial charge in [0.1, 0.15) is 0 Å². The van der Waals surface area contributed by atoms with Gasteiger partial charge in [0.05, 0.1) is 0 Å². The highest BCUT2D eigenvalue weighted by atomic mass is 35.5. The van der Waals surface area contributed by atoms with Crippen LogP contribution < -0.4 is 5.73 Å². The number of benzene rings is 1. The van der Waals surface area contributed by atoms with Crippen LogP contribution >= 0.6 is 11.6 Å². The summed E-state index contributed by atoms with van der Waals surface area (Å²) in [7, 11) is 0. The third kappa shape index (κ3) is 1.98. The van der Waals surface area contributed by atoms with E-state index >= 15 is 0 Å². The summed E-state index contributed by atoms with van der Waals surface area (Å²) in [5.41, 5.74) is 7.26. The fraction of sp³-hybridized carbons (Fsp3) is 0.364. The number of carbonyl (C=O) groups excluding carboxylic acids is 1. The number of rotatable bonds is 1. The van der Waals surface area contributed by atoms with Gasteiger partial charge in [-0.25, -0.2) is 0 Å². The van der Waals surface area contributed by atoms with Crippen molar-refractivity contribution in [1.82, 2.24) is 4.90 Å². The van der Waals surface area contributed by atoms with Gasteiger partial charge in [-0.2, -0.15) is 0 Å². The highest BCUT2D eigenvalue weighted by molar-refractivity contribution is 6.30. The van der Waals surface area contributed by atoms with Crippen molar-refractivity contribution in [3.63, 3.8) is 0 Å². The van der Waals surface area contributed by atoms with Gasteiger partial charge < -0.3 is 10.6 Å². The minimum atomic E-state index is 0.0471. The minimum Gasteiger partial charge on any atom is -0.335 e. The monoisotopic (exact) mass is 224 g/mol. The topological polar surface area (TPSA) is 46.3 Å². The number of hydrogen-bond donors (Lipinski definition) is 1. The first kappa shape index (κ1) is 10.5. The first-order chi connectivity index (χ1) is 7.08. The second-order valence-corrected chi connectivity index (χ2v) is 4.37. The van der Waals surface area contributed by atoms with Gasteiger partial charge in [-0.15, -0.1) is 0 Å². The first-order valence-electron chi connectivity index (χ1n) is 4.89. The quantitative estimate of drug-likeness (QED) is 0.785. The van der Waals surface area contributed by atoms with E-state index < -0.39 is 0 Å². The zero-order valence-corrected chi connectivity index (χ0v) is 9.29. The molecule has 0 bridgehead atoms. The van der Waals surface area contributed by atoms with E-state index in [2.05, 4.69) is 0 Å². The molecule has 1 aromatic carbocycles. The molecular formula is C11H13ClN2O. The van der Waals surface area contributed by atoms with Crippen molar-refractivity contribution in [3.05, 3.63) is 34.3 Å². The second-order valence-electron chi connectivity index (χ2n) is 3.93. The molecular weight excluding hydrogens is 212 g/mol. The number of amides is 1. The molecule has 80 valence electrons. The summed E-state index contributed by atoms with van der Waals surface area (Å²) in [6, 6.07) is 5.45. The molecule has 1 amide bonds. The Morgan fingerprint density at radius 2 is 2.20 bits per heavy atom. The van der Waals surface area contributed by atoms with Crippen molar-refractivity contribution in [1.29, 1.82) is 0 Å². The van der Waals surface area contributed by atoms with Gasteiger partial charge in [0.25, 0.3) is 5.91 Å². The number of halogens is 1. The summed E-state index contributed by atoms with van der Waals surface area (Å²) in [6.07, 6.45) is 0. The first-order valence-corrected chi connectivity index (χ1v) is 5.26. The van der Waals surface area contributed by atoms with Gasteiger partial charge in [0.15, 0.2) is 0 Å². The van der Waals surface area contributed by atoms with Gasteiger partial charge in [0, 0.05) is 29.7 Å². The van der Waals surface area contributed by atoms with Crippen LogP contribution in [0.25, 0.3) is 0 Å². The van der Waals surface area contributed by atoms with Crippen molar-refractivity contribution >= 4 is 17.5 Å². The molecule has 2 N–H and O–H groups in total. The van der Waals surface area contributed by atoms with Crippen molar-refractivity contribution < 1.29 is 4.79 Å². The molecule has 1 aliphatic rings. The Morgan fingerprint density at radius 3 is 2.73 bits per heavy atom. The van der Waals surface area contributed by atoms with Crippen LogP contribution in [0.3, 0.4) is 0 Å². The molecule has 0 atom stereocenters. The summed E-state index contributed by atoms with van der Waals surface area (Å²) < 4.78 is 0. The maximum Gasteiger partial charge on any atom is 0.254 e. The Kier molecular flexibility index (Phi) is 2.67. The Bertz CT molecular complexity index is 400. The molecule has 4 heteroatoms. The van der Waals surface area contributed by atoms with Gasteiger partial charge in [0.2, 0.25) is 0 Å². The SMILES string of the molecule is Cc1cc(Cl)ccc1C(=O)N1CC(N)C1. The van der Waals surface area contributed by atoms with E-state index in [-0.39, 0.29) is 11.9 Å². The molecule has 3 nitrogen and oxygen atoms in total. The lowest BCUT2D eigenvalue weighted by molar-refractivity contribution is 0.0607. The van der Waals surface area contributed by atoms with E-state index in [1.54, 1.807) is 23.1 Å². The number of likely N-dealkylation sites (tertiary alicyclic amines) is 1. The van der Waals surface area contributed by atoms with Crippen LogP contribution in [-0.4, -0.2) is 29.9 Å². The van der Waals surface area contributed by atoms with Gasteiger partial charge in [-0.3, -0.25) is 4.79 Å². The molecule has 15 heavy (non-hydrogen) atoms. The lowest BCUT2D eigenvalue weighted by Crippen LogP contribution is -2.57. The van der Waals surface area contributed by atoms with E-state index in [1.807, 2.05) is 6.92 Å². The summed E-state index contributed by atoms with van der Waals surface area (Å²) in [4.78, 5) is 13.7. The number of hydrogen-bond acceptors (Lipinski definition) is 2. The zero-order chi connectivity index (χ0) is 11.0. The molecule has 1 aromatic rings. The summed E-state index contributed by atoms with van der Waals surface area (Å²) in [5, 5.41) is 0.657. The summed E-state index contributed by atoms with van der Waals surface area (Å²) >= 11 is 5.83. The van der Waals surface area contributed by atoms with Gasteiger partial charge in [-0.1, -0.05) is 11.6 Å². The van der Waals surface area contributed by atoms with E-state index in [0.717, 1.165) is 5.56 Å². The highest BCUT2D eigenvalue weighted by Crippen LogP contribution is 2.19. The van der Waals surface area contributed by atoms with Gasteiger partial charge >= 0.3 is 0 Å². The van der Waals surface area contributed by atoms with Crippen LogP contribution in [0.4, 0.5) is 0 Å². The molecule has 0 aliphatic carbocycles. The van der Waals surface area contributed by atoms with Crippen molar-refractivity contribution in [2.75, 3.05) is 13.1 Å². The third-order valence-electron chi connectivity index (χ3n) is 2.62. The maximum atomic E-state index is 11.9. The van der Waals surface area contributed by atoms with Crippen molar-refractivity contribution in [3.8, 4) is 0 Å². The molecule has 0 spiro atoms. The Labute approximate surface area is 93.8 Å². The molecule has 2 rings (SSSR count). The number of aryl methyl sites for hydroxylation is 1. The molecule has 1 aliphatic heterocycles. The highest BCUT2D eigenvalue weighted by Gasteiger charge is 2.28. The normalized spacial score (nSPS) is 16.3. The molecule has 0 aromatic heterocycles. The third-order valence-corrected chi connectivity index (χ3v) is 2.85. The van der Waals surface area contributed by atoms with E-state index in [9.17, 15) is 4.79 Å². The second kappa shape index (κ2) is 3.83. The number of carbonyl (C=O) groups is 1. The van der Waals surface area contributed by atoms with Crippen LogP contribution in [0.2, 0.25) is 5.02 Å². The van der Waals surface area contributed by atoms with Crippen LogP contribution in [0, 0.1) is 6.92 Å². The van der Waals surface area contributed by atoms with Crippen LogP contribution in [0.5, 0.6) is 0 Å². The fourth-order valence-corrected chi connectivity index (χ4v) is 1.94. The van der Waals surface area contributed by atoms with E-state index in [0.29, 0.717) is 23.7 Å². The molecule has 0 saturated carbocycles. The van der Waals surface area contributed by atoms with E-state index in [4.69, 9.17) is 17.3 Å². The number of nitrogens with zero attached hydrogens (tertiary/aromatic N) is 1. The maximum absolute atomic E-state index is 11.9. The zero-order valence-electron chi connectivity index (χ0n) is 8.53.